The highest BCUT2D eigenvalue weighted by Crippen LogP contribution is 2.17. The van der Waals surface area contributed by atoms with Crippen molar-refractivity contribution in [1.29, 1.82) is 0 Å². The lowest BCUT2D eigenvalue weighted by Crippen LogP contribution is -2.15. The highest BCUT2D eigenvalue weighted by atomic mass is 32.1. The van der Waals surface area contributed by atoms with Crippen molar-refractivity contribution in [2.75, 3.05) is 0 Å². The zero-order chi connectivity index (χ0) is 10.6. The molecule has 0 saturated heterocycles. The highest BCUT2D eigenvalue weighted by molar-refractivity contribution is 7.09. The van der Waals surface area contributed by atoms with Gasteiger partial charge >= 0.3 is 5.97 Å². The van der Waals surface area contributed by atoms with Crippen molar-refractivity contribution in [1.82, 2.24) is 4.98 Å². The van der Waals surface area contributed by atoms with Gasteiger partial charge in [0.25, 0.3) is 0 Å². The number of carboxylic acid groups (broad SMARTS) is 1. The summed E-state index contributed by atoms with van der Waals surface area (Å²) in [6, 6.07) is 0. The van der Waals surface area contributed by atoms with Gasteiger partial charge in [-0.05, 0) is 12.8 Å². The lowest BCUT2D eigenvalue weighted by atomic mass is 10.0. The number of aromatic nitrogens is 1. The molecule has 0 saturated carbocycles. The Labute approximate surface area is 87.8 Å². The smallest absolute Gasteiger partial charge is 0.306 e. The van der Waals surface area contributed by atoms with E-state index in [1.165, 1.54) is 0 Å². The second-order valence-electron chi connectivity index (χ2n) is 3.23. The molecule has 1 aromatic rings. The van der Waals surface area contributed by atoms with Gasteiger partial charge < -0.3 is 5.11 Å². The second-order valence-corrected chi connectivity index (χ2v) is 4.18. The van der Waals surface area contributed by atoms with Crippen LogP contribution in [0, 0.1) is 5.92 Å². The minimum atomic E-state index is -0.722. The molecule has 78 valence electrons. The quantitative estimate of drug-likeness (QED) is 0.816. The molecule has 0 aliphatic carbocycles. The van der Waals surface area contributed by atoms with E-state index >= 15 is 0 Å². The largest absolute Gasteiger partial charge is 0.481 e. The molecule has 0 fully saturated rings. The molecule has 1 atom stereocenters. The first kappa shape index (κ1) is 11.2. The number of aliphatic carboxylic acids is 1. The van der Waals surface area contributed by atoms with Gasteiger partial charge in [-0.1, -0.05) is 13.8 Å². The Bertz CT molecular complexity index is 309. The summed E-state index contributed by atoms with van der Waals surface area (Å²) in [4.78, 5) is 15.1. The number of nitrogens with zero attached hydrogens (tertiary/aromatic N) is 1. The summed E-state index contributed by atoms with van der Waals surface area (Å²) in [6.07, 6.45) is 2.15. The van der Waals surface area contributed by atoms with Crippen LogP contribution in [-0.4, -0.2) is 16.1 Å². The average Bonchev–Trinajstić information content (AvgIpc) is 2.61. The van der Waals surface area contributed by atoms with Gasteiger partial charge in [0.2, 0.25) is 0 Å². The minimum Gasteiger partial charge on any atom is -0.481 e. The highest BCUT2D eigenvalue weighted by Gasteiger charge is 2.17. The van der Waals surface area contributed by atoms with Gasteiger partial charge in [-0.25, -0.2) is 4.98 Å². The van der Waals surface area contributed by atoms with E-state index in [4.69, 9.17) is 5.11 Å². The molecule has 0 bridgehead atoms. The van der Waals surface area contributed by atoms with E-state index in [2.05, 4.69) is 4.98 Å². The Morgan fingerprint density at radius 2 is 2.36 bits per heavy atom. The van der Waals surface area contributed by atoms with Gasteiger partial charge in [0.05, 0.1) is 16.6 Å². The van der Waals surface area contributed by atoms with Crippen LogP contribution in [0.5, 0.6) is 0 Å². The molecular formula is C10H15NO2S. The average molecular weight is 213 g/mol. The first-order valence-corrected chi connectivity index (χ1v) is 5.71. The second kappa shape index (κ2) is 5.10. The van der Waals surface area contributed by atoms with Gasteiger partial charge in [0, 0.05) is 11.8 Å². The lowest BCUT2D eigenvalue weighted by Gasteiger charge is -2.05. The van der Waals surface area contributed by atoms with E-state index in [-0.39, 0.29) is 5.92 Å². The summed E-state index contributed by atoms with van der Waals surface area (Å²) in [5, 5.41) is 11.8. The molecule has 1 heterocycles. The summed E-state index contributed by atoms with van der Waals surface area (Å²) in [6.45, 7) is 3.94. The van der Waals surface area contributed by atoms with Gasteiger partial charge in [-0.2, -0.15) is 0 Å². The molecule has 1 aromatic heterocycles. The Hall–Kier alpha value is -0.900. The summed E-state index contributed by atoms with van der Waals surface area (Å²) >= 11 is 1.56. The topological polar surface area (TPSA) is 50.2 Å². The van der Waals surface area contributed by atoms with E-state index in [9.17, 15) is 4.79 Å². The number of hydrogen-bond acceptors (Lipinski definition) is 3. The standard InChI is InChI=1S/C10H15NO2S/c1-3-7(10(12)13)5-9-11-8(4-2)6-14-9/h6-7H,3-5H2,1-2H3,(H,12,13). The molecule has 0 spiro atoms. The molecule has 0 amide bonds. The van der Waals surface area contributed by atoms with Crippen LogP contribution in [0.25, 0.3) is 0 Å². The normalized spacial score (nSPS) is 12.7. The van der Waals surface area contributed by atoms with Crippen LogP contribution in [0.2, 0.25) is 0 Å². The fourth-order valence-electron chi connectivity index (χ4n) is 1.22. The van der Waals surface area contributed by atoms with E-state index in [0.29, 0.717) is 12.8 Å². The Balaban J connectivity index is 2.62. The maximum atomic E-state index is 10.8. The monoisotopic (exact) mass is 213 g/mol. The molecule has 0 aliphatic heterocycles. The molecule has 3 nitrogen and oxygen atoms in total. The Morgan fingerprint density at radius 3 is 2.79 bits per heavy atom. The Morgan fingerprint density at radius 1 is 1.64 bits per heavy atom. The van der Waals surface area contributed by atoms with Gasteiger partial charge in [0.15, 0.2) is 0 Å². The third kappa shape index (κ3) is 2.80. The van der Waals surface area contributed by atoms with E-state index in [1.54, 1.807) is 11.3 Å². The summed E-state index contributed by atoms with van der Waals surface area (Å²) in [5.74, 6) is -1.01. The maximum absolute atomic E-state index is 10.8. The molecule has 0 aromatic carbocycles. The zero-order valence-electron chi connectivity index (χ0n) is 8.49. The maximum Gasteiger partial charge on any atom is 0.306 e. The summed E-state index contributed by atoms with van der Waals surface area (Å²) in [7, 11) is 0. The number of rotatable bonds is 5. The van der Waals surface area contributed by atoms with Crippen molar-refractivity contribution < 1.29 is 9.90 Å². The number of carboxylic acids is 1. The fraction of sp³-hybridized carbons (Fsp3) is 0.600. The molecule has 0 aliphatic rings. The Kier molecular flexibility index (Phi) is 4.07. The predicted molar refractivity (Wildman–Crippen MR) is 56.6 cm³/mol. The van der Waals surface area contributed by atoms with Crippen molar-refractivity contribution in [2.24, 2.45) is 5.92 Å². The zero-order valence-corrected chi connectivity index (χ0v) is 9.30. The van der Waals surface area contributed by atoms with Crippen molar-refractivity contribution in [3.05, 3.63) is 16.1 Å². The third-order valence-corrected chi connectivity index (χ3v) is 3.14. The molecule has 14 heavy (non-hydrogen) atoms. The molecule has 1 unspecified atom stereocenters. The predicted octanol–water partition coefficient (Wildman–Crippen LogP) is 2.36. The molecular weight excluding hydrogens is 198 g/mol. The van der Waals surface area contributed by atoms with Crippen molar-refractivity contribution in [2.45, 2.75) is 33.1 Å². The van der Waals surface area contributed by atoms with E-state index in [1.807, 2.05) is 19.2 Å². The van der Waals surface area contributed by atoms with Crippen molar-refractivity contribution in [3.63, 3.8) is 0 Å². The minimum absolute atomic E-state index is 0.286. The first-order chi connectivity index (χ1) is 6.67. The lowest BCUT2D eigenvalue weighted by molar-refractivity contribution is -0.141. The third-order valence-electron chi connectivity index (χ3n) is 2.22. The van der Waals surface area contributed by atoms with Crippen LogP contribution >= 0.6 is 11.3 Å². The number of carbonyl (C=O) groups is 1. The van der Waals surface area contributed by atoms with Crippen LogP contribution in [0.1, 0.15) is 31.0 Å². The SMILES string of the molecule is CCc1csc(CC(CC)C(=O)O)n1. The van der Waals surface area contributed by atoms with Crippen LogP contribution in [0.4, 0.5) is 0 Å². The van der Waals surface area contributed by atoms with Crippen LogP contribution in [-0.2, 0) is 17.6 Å². The van der Waals surface area contributed by atoms with Gasteiger partial charge in [-0.15, -0.1) is 11.3 Å². The summed E-state index contributed by atoms with van der Waals surface area (Å²) < 4.78 is 0. The number of hydrogen-bond donors (Lipinski definition) is 1. The molecule has 0 radical (unpaired) electrons. The molecule has 1 N–H and O–H groups in total. The first-order valence-electron chi connectivity index (χ1n) is 4.83. The summed E-state index contributed by atoms with van der Waals surface area (Å²) in [5.41, 5.74) is 1.06. The van der Waals surface area contributed by atoms with Crippen molar-refractivity contribution in [3.8, 4) is 0 Å². The van der Waals surface area contributed by atoms with Crippen LogP contribution in [0.15, 0.2) is 5.38 Å². The van der Waals surface area contributed by atoms with Crippen LogP contribution < -0.4 is 0 Å². The van der Waals surface area contributed by atoms with Gasteiger partial charge in [-0.3, -0.25) is 4.79 Å². The van der Waals surface area contributed by atoms with Crippen molar-refractivity contribution >= 4 is 17.3 Å². The fourth-order valence-corrected chi connectivity index (χ4v) is 2.18. The molecule has 4 heteroatoms. The van der Waals surface area contributed by atoms with E-state index < -0.39 is 5.97 Å². The van der Waals surface area contributed by atoms with Crippen LogP contribution in [0.3, 0.4) is 0 Å². The number of aryl methyl sites for hydroxylation is 1. The van der Waals surface area contributed by atoms with E-state index in [0.717, 1.165) is 17.1 Å². The number of thiazole rings is 1. The molecule has 1 rings (SSSR count). The van der Waals surface area contributed by atoms with Gasteiger partial charge in [0.1, 0.15) is 0 Å².